The van der Waals surface area contributed by atoms with E-state index < -0.39 is 0 Å². The van der Waals surface area contributed by atoms with Crippen LogP contribution in [0.15, 0.2) is 35.7 Å². The number of rotatable bonds is 3. The Morgan fingerprint density at radius 2 is 1.90 bits per heavy atom. The summed E-state index contributed by atoms with van der Waals surface area (Å²) < 4.78 is 13.8. The van der Waals surface area contributed by atoms with Crippen LogP contribution in [-0.2, 0) is 0 Å². The highest BCUT2D eigenvalue weighted by atomic mass is 32.1. The zero-order chi connectivity index (χ0) is 14.2. The van der Waals surface area contributed by atoms with E-state index in [-0.39, 0.29) is 6.04 Å². The lowest BCUT2D eigenvalue weighted by Gasteiger charge is -2.21. The second-order valence-electron chi connectivity index (χ2n) is 4.80. The SMILES string of the molecule is NNC(c1ccc2c(c1)OCCO2)c1cc2sccc2s1. The molecule has 3 N–H and O–H groups in total. The summed E-state index contributed by atoms with van der Waals surface area (Å²) >= 11 is 3.52. The van der Waals surface area contributed by atoms with Crippen LogP contribution >= 0.6 is 22.7 Å². The van der Waals surface area contributed by atoms with Gasteiger partial charge in [-0.3, -0.25) is 5.84 Å². The molecule has 0 saturated heterocycles. The third-order valence-corrected chi connectivity index (χ3v) is 5.67. The molecule has 4 nitrogen and oxygen atoms in total. The van der Waals surface area contributed by atoms with Crippen LogP contribution < -0.4 is 20.7 Å². The van der Waals surface area contributed by atoms with Gasteiger partial charge in [-0.25, -0.2) is 5.43 Å². The maximum atomic E-state index is 5.79. The molecule has 108 valence electrons. The maximum absolute atomic E-state index is 5.79. The van der Waals surface area contributed by atoms with Crippen molar-refractivity contribution < 1.29 is 9.47 Å². The first kappa shape index (κ1) is 13.1. The van der Waals surface area contributed by atoms with Crippen molar-refractivity contribution >= 4 is 32.1 Å². The average Bonchev–Trinajstić information content (AvgIpc) is 3.09. The van der Waals surface area contributed by atoms with E-state index in [1.54, 1.807) is 22.7 Å². The van der Waals surface area contributed by atoms with Crippen molar-refractivity contribution in [3.63, 3.8) is 0 Å². The quantitative estimate of drug-likeness (QED) is 0.575. The lowest BCUT2D eigenvalue weighted by Crippen LogP contribution is -2.28. The highest BCUT2D eigenvalue weighted by molar-refractivity contribution is 7.27. The molecular formula is C15H14N2O2S2. The van der Waals surface area contributed by atoms with Gasteiger partial charge < -0.3 is 9.47 Å². The topological polar surface area (TPSA) is 56.5 Å². The molecule has 1 aromatic carbocycles. The monoisotopic (exact) mass is 318 g/mol. The minimum Gasteiger partial charge on any atom is -0.486 e. The average molecular weight is 318 g/mol. The summed E-state index contributed by atoms with van der Waals surface area (Å²) in [6.45, 7) is 1.19. The fourth-order valence-electron chi connectivity index (χ4n) is 2.51. The molecule has 1 unspecified atom stereocenters. The van der Waals surface area contributed by atoms with Crippen LogP contribution in [-0.4, -0.2) is 13.2 Å². The summed E-state index contributed by atoms with van der Waals surface area (Å²) in [6, 6.07) is 10.3. The van der Waals surface area contributed by atoms with Gasteiger partial charge in [0.15, 0.2) is 11.5 Å². The number of nitrogens with one attached hydrogen (secondary N) is 1. The lowest BCUT2D eigenvalue weighted by atomic mass is 10.1. The third-order valence-electron chi connectivity index (χ3n) is 3.51. The molecular weight excluding hydrogens is 304 g/mol. The lowest BCUT2D eigenvalue weighted by molar-refractivity contribution is 0.171. The third kappa shape index (κ3) is 2.30. The number of hydrazine groups is 1. The van der Waals surface area contributed by atoms with Gasteiger partial charge in [-0.2, -0.15) is 0 Å². The van der Waals surface area contributed by atoms with Gasteiger partial charge in [0.05, 0.1) is 6.04 Å². The first-order valence-corrected chi connectivity index (χ1v) is 8.37. The van der Waals surface area contributed by atoms with Crippen molar-refractivity contribution in [3.8, 4) is 11.5 Å². The van der Waals surface area contributed by atoms with Gasteiger partial charge in [0.1, 0.15) is 13.2 Å². The van der Waals surface area contributed by atoms with E-state index in [4.69, 9.17) is 15.3 Å². The van der Waals surface area contributed by atoms with Gasteiger partial charge >= 0.3 is 0 Å². The fraction of sp³-hybridized carbons (Fsp3) is 0.200. The highest BCUT2D eigenvalue weighted by Crippen LogP contribution is 2.38. The van der Waals surface area contributed by atoms with Crippen LogP contribution in [0.4, 0.5) is 0 Å². The predicted molar refractivity (Wildman–Crippen MR) is 86.3 cm³/mol. The maximum Gasteiger partial charge on any atom is 0.161 e. The number of fused-ring (bicyclic) bond motifs is 2. The molecule has 3 aromatic rings. The molecule has 1 atom stereocenters. The molecule has 1 aliphatic rings. The van der Waals surface area contributed by atoms with Crippen LogP contribution in [0.3, 0.4) is 0 Å². The van der Waals surface area contributed by atoms with Gasteiger partial charge in [-0.15, -0.1) is 22.7 Å². The van der Waals surface area contributed by atoms with Gasteiger partial charge in [0.2, 0.25) is 0 Å². The molecule has 6 heteroatoms. The van der Waals surface area contributed by atoms with Crippen molar-refractivity contribution in [1.29, 1.82) is 0 Å². The summed E-state index contributed by atoms with van der Waals surface area (Å²) in [6.07, 6.45) is 0. The second-order valence-corrected chi connectivity index (χ2v) is 6.86. The Labute approximate surface area is 130 Å². The molecule has 21 heavy (non-hydrogen) atoms. The Morgan fingerprint density at radius 3 is 2.71 bits per heavy atom. The smallest absolute Gasteiger partial charge is 0.161 e. The molecule has 0 saturated carbocycles. The van der Waals surface area contributed by atoms with E-state index in [1.165, 1.54) is 14.3 Å². The van der Waals surface area contributed by atoms with Crippen LogP contribution in [0.5, 0.6) is 11.5 Å². The fourth-order valence-corrected chi connectivity index (χ4v) is 4.72. The number of ether oxygens (including phenoxy) is 2. The van der Waals surface area contributed by atoms with Crippen molar-refractivity contribution in [3.05, 3.63) is 46.2 Å². The second kappa shape index (κ2) is 5.31. The van der Waals surface area contributed by atoms with Gasteiger partial charge in [-0.1, -0.05) is 6.07 Å². The van der Waals surface area contributed by atoms with Crippen molar-refractivity contribution in [2.75, 3.05) is 13.2 Å². The number of benzene rings is 1. The molecule has 0 fully saturated rings. The first-order chi connectivity index (χ1) is 10.3. The van der Waals surface area contributed by atoms with Crippen molar-refractivity contribution in [2.24, 2.45) is 5.84 Å². The Kier molecular flexibility index (Phi) is 3.31. The zero-order valence-electron chi connectivity index (χ0n) is 11.2. The Morgan fingerprint density at radius 1 is 1.05 bits per heavy atom. The van der Waals surface area contributed by atoms with Crippen molar-refractivity contribution in [2.45, 2.75) is 6.04 Å². The number of hydrogen-bond acceptors (Lipinski definition) is 6. The molecule has 0 bridgehead atoms. The minimum absolute atomic E-state index is 0.0366. The summed E-state index contributed by atoms with van der Waals surface area (Å²) in [5.74, 6) is 7.38. The molecule has 4 rings (SSSR count). The number of nitrogens with two attached hydrogens (primary N) is 1. The predicted octanol–water partition coefficient (Wildman–Crippen LogP) is 3.29. The Balaban J connectivity index is 1.73. The van der Waals surface area contributed by atoms with E-state index in [0.29, 0.717) is 13.2 Å². The molecule has 2 aromatic heterocycles. The van der Waals surface area contributed by atoms with E-state index in [9.17, 15) is 0 Å². The molecule has 1 aliphatic heterocycles. The van der Waals surface area contributed by atoms with Crippen LogP contribution in [0.2, 0.25) is 0 Å². The Bertz CT molecular complexity index is 752. The number of thiophene rings is 2. The molecule has 0 radical (unpaired) electrons. The zero-order valence-corrected chi connectivity index (χ0v) is 12.8. The number of hydrogen-bond donors (Lipinski definition) is 2. The summed E-state index contributed by atoms with van der Waals surface area (Å²) in [7, 11) is 0. The largest absolute Gasteiger partial charge is 0.486 e. The van der Waals surface area contributed by atoms with Crippen LogP contribution in [0.25, 0.3) is 9.40 Å². The van der Waals surface area contributed by atoms with Crippen LogP contribution in [0, 0.1) is 0 Å². The summed E-state index contributed by atoms with van der Waals surface area (Å²) in [5, 5.41) is 2.11. The van der Waals surface area contributed by atoms with E-state index >= 15 is 0 Å². The summed E-state index contributed by atoms with van der Waals surface area (Å²) in [4.78, 5) is 1.20. The standard InChI is InChI=1S/C15H14N2O2S2/c16-17-15(14-8-13-12(21-14)3-6-20-13)9-1-2-10-11(7-9)19-5-4-18-10/h1-3,6-8,15,17H,4-5,16H2. The van der Waals surface area contributed by atoms with Gasteiger partial charge in [0.25, 0.3) is 0 Å². The normalized spacial score (nSPS) is 15.3. The van der Waals surface area contributed by atoms with Gasteiger partial charge in [0, 0.05) is 14.3 Å². The molecule has 0 amide bonds. The van der Waals surface area contributed by atoms with Crippen LogP contribution in [0.1, 0.15) is 16.5 Å². The molecule has 3 heterocycles. The van der Waals surface area contributed by atoms with E-state index in [2.05, 4.69) is 22.9 Å². The Hall–Kier alpha value is -1.60. The van der Waals surface area contributed by atoms with Crippen molar-refractivity contribution in [1.82, 2.24) is 5.43 Å². The van der Waals surface area contributed by atoms with Gasteiger partial charge in [-0.05, 0) is 35.2 Å². The molecule has 0 spiro atoms. The molecule has 0 aliphatic carbocycles. The first-order valence-electron chi connectivity index (χ1n) is 6.68. The van der Waals surface area contributed by atoms with E-state index in [0.717, 1.165) is 17.1 Å². The minimum atomic E-state index is -0.0366. The summed E-state index contributed by atoms with van der Waals surface area (Å²) in [5.41, 5.74) is 3.99. The highest BCUT2D eigenvalue weighted by Gasteiger charge is 2.19. The van der Waals surface area contributed by atoms with E-state index in [1.807, 2.05) is 18.2 Å².